The summed E-state index contributed by atoms with van der Waals surface area (Å²) >= 11 is 3.09. The number of aryl methyl sites for hydroxylation is 1. The number of nitrogens with zero attached hydrogens (tertiary/aromatic N) is 1. The van der Waals surface area contributed by atoms with Crippen LogP contribution in [0.4, 0.5) is 5.13 Å². The Labute approximate surface area is 176 Å². The summed E-state index contributed by atoms with van der Waals surface area (Å²) in [5.74, 6) is 1.31. The monoisotopic (exact) mass is 437 g/mol. The van der Waals surface area contributed by atoms with Gasteiger partial charge in [0, 0.05) is 42.4 Å². The van der Waals surface area contributed by atoms with Crippen molar-refractivity contribution in [2.45, 2.75) is 38.0 Å². The average molecular weight is 438 g/mol. The molecule has 0 radical (unpaired) electrons. The molecule has 8 nitrogen and oxygen atoms in total. The van der Waals surface area contributed by atoms with Crippen molar-refractivity contribution in [3.63, 3.8) is 0 Å². The summed E-state index contributed by atoms with van der Waals surface area (Å²) in [6, 6.07) is 1.24. The number of hydrogen-bond acceptors (Lipinski definition) is 8. The van der Waals surface area contributed by atoms with Crippen LogP contribution < -0.4 is 16.1 Å². The number of rotatable bonds is 7. The van der Waals surface area contributed by atoms with E-state index in [0.717, 1.165) is 11.5 Å². The first-order chi connectivity index (χ1) is 13.9. The number of thioether (sulfide) groups is 1. The number of hydrogen-bond donors (Lipinski definition) is 3. The van der Waals surface area contributed by atoms with Crippen LogP contribution in [-0.4, -0.2) is 40.0 Å². The molecule has 2 aromatic heterocycles. The topological polar surface area (TPSA) is 122 Å². The standard InChI is InChI=1S/C19H23N3O5S2/c1-12-10-13(23)16(26)17(27-12)19(3-7-28-8-4-19)11-15(25)20-5-2-14(24)22-18-21-6-9-29-18/h6,9-10,26H,2-5,7-8,11H2,1H3,(H,20,25)(H,21,22,24). The molecule has 2 amide bonds. The Morgan fingerprint density at radius 2 is 2.07 bits per heavy atom. The van der Waals surface area contributed by atoms with Crippen LogP contribution in [-0.2, 0) is 15.0 Å². The van der Waals surface area contributed by atoms with Crippen molar-refractivity contribution < 1.29 is 19.1 Å². The zero-order valence-corrected chi connectivity index (χ0v) is 17.7. The summed E-state index contributed by atoms with van der Waals surface area (Å²) in [6.07, 6.45) is 3.05. The third-order valence-electron chi connectivity index (χ3n) is 4.83. The molecule has 156 valence electrons. The summed E-state index contributed by atoms with van der Waals surface area (Å²) in [7, 11) is 0. The SMILES string of the molecule is Cc1cc(=O)c(O)c(C2(CC(=O)NCCC(=O)Nc3nccs3)CCSCC2)o1. The molecule has 2 aromatic rings. The average Bonchev–Trinajstić information content (AvgIpc) is 3.18. The van der Waals surface area contributed by atoms with Gasteiger partial charge in [-0.15, -0.1) is 11.3 Å². The summed E-state index contributed by atoms with van der Waals surface area (Å²) in [4.78, 5) is 40.5. The molecule has 3 heterocycles. The van der Waals surface area contributed by atoms with E-state index >= 15 is 0 Å². The third kappa shape index (κ3) is 5.39. The largest absolute Gasteiger partial charge is 0.502 e. The van der Waals surface area contributed by atoms with Gasteiger partial charge in [0.25, 0.3) is 0 Å². The van der Waals surface area contributed by atoms with Crippen LogP contribution in [0, 0.1) is 6.92 Å². The van der Waals surface area contributed by atoms with E-state index in [2.05, 4.69) is 15.6 Å². The first-order valence-electron chi connectivity index (χ1n) is 9.28. The molecule has 0 bridgehead atoms. The molecule has 0 aromatic carbocycles. The van der Waals surface area contributed by atoms with Crippen LogP contribution in [0.2, 0.25) is 0 Å². The number of anilines is 1. The van der Waals surface area contributed by atoms with Gasteiger partial charge in [-0.05, 0) is 31.3 Å². The van der Waals surface area contributed by atoms with E-state index in [1.54, 1.807) is 30.3 Å². The molecule has 10 heteroatoms. The lowest BCUT2D eigenvalue weighted by Gasteiger charge is -2.35. The Hall–Kier alpha value is -2.33. The number of nitrogens with one attached hydrogen (secondary N) is 2. The van der Waals surface area contributed by atoms with E-state index in [4.69, 9.17) is 4.42 Å². The molecule has 0 spiro atoms. The molecule has 1 aliphatic rings. The van der Waals surface area contributed by atoms with Crippen molar-refractivity contribution in [3.05, 3.63) is 39.4 Å². The van der Waals surface area contributed by atoms with E-state index in [1.807, 2.05) is 0 Å². The molecule has 0 atom stereocenters. The first-order valence-corrected chi connectivity index (χ1v) is 11.3. The third-order valence-corrected chi connectivity index (χ3v) is 6.50. The number of carbonyl (C=O) groups excluding carboxylic acids is 2. The Morgan fingerprint density at radius 3 is 2.76 bits per heavy atom. The predicted octanol–water partition coefficient (Wildman–Crippen LogP) is 2.41. The van der Waals surface area contributed by atoms with Gasteiger partial charge in [0.05, 0.1) is 0 Å². The minimum absolute atomic E-state index is 0.0849. The second-order valence-electron chi connectivity index (χ2n) is 6.95. The van der Waals surface area contributed by atoms with E-state index in [9.17, 15) is 19.5 Å². The van der Waals surface area contributed by atoms with Gasteiger partial charge in [0.15, 0.2) is 10.9 Å². The van der Waals surface area contributed by atoms with E-state index in [1.165, 1.54) is 17.4 Å². The van der Waals surface area contributed by atoms with Gasteiger partial charge in [0.1, 0.15) is 5.76 Å². The minimum Gasteiger partial charge on any atom is -0.502 e. The maximum atomic E-state index is 12.6. The van der Waals surface area contributed by atoms with Crippen LogP contribution in [0.1, 0.15) is 37.2 Å². The molecule has 29 heavy (non-hydrogen) atoms. The number of aromatic hydroxyl groups is 1. The number of thiazole rings is 1. The maximum absolute atomic E-state index is 12.6. The fourth-order valence-electron chi connectivity index (χ4n) is 3.36. The van der Waals surface area contributed by atoms with Crippen LogP contribution in [0.25, 0.3) is 0 Å². The molecule has 1 fully saturated rings. The van der Waals surface area contributed by atoms with Crippen molar-refractivity contribution in [1.29, 1.82) is 0 Å². The van der Waals surface area contributed by atoms with Crippen molar-refractivity contribution in [2.24, 2.45) is 0 Å². The fourth-order valence-corrected chi connectivity index (χ4v) is 5.18. The van der Waals surface area contributed by atoms with Crippen molar-refractivity contribution >= 4 is 40.0 Å². The smallest absolute Gasteiger partial charge is 0.227 e. The Balaban J connectivity index is 1.64. The van der Waals surface area contributed by atoms with Crippen molar-refractivity contribution in [1.82, 2.24) is 10.3 Å². The predicted molar refractivity (Wildman–Crippen MR) is 113 cm³/mol. The molecule has 3 rings (SSSR count). The van der Waals surface area contributed by atoms with Crippen LogP contribution in [0.15, 0.2) is 26.9 Å². The van der Waals surface area contributed by atoms with Crippen molar-refractivity contribution in [2.75, 3.05) is 23.4 Å². The number of aromatic nitrogens is 1. The van der Waals surface area contributed by atoms with Crippen LogP contribution >= 0.6 is 23.1 Å². The van der Waals surface area contributed by atoms with Gasteiger partial charge in [-0.3, -0.25) is 14.4 Å². The van der Waals surface area contributed by atoms with Crippen LogP contribution in [0.5, 0.6) is 5.75 Å². The highest BCUT2D eigenvalue weighted by atomic mass is 32.2. The number of carbonyl (C=O) groups is 2. The summed E-state index contributed by atoms with van der Waals surface area (Å²) < 4.78 is 5.72. The molecule has 0 unspecified atom stereocenters. The fraction of sp³-hybridized carbons (Fsp3) is 0.474. The van der Waals surface area contributed by atoms with Gasteiger partial charge in [0.2, 0.25) is 23.0 Å². The van der Waals surface area contributed by atoms with Gasteiger partial charge >= 0.3 is 0 Å². The Bertz CT molecular complexity index is 920. The highest BCUT2D eigenvalue weighted by Crippen LogP contribution is 2.43. The molecule has 1 saturated heterocycles. The second-order valence-corrected chi connectivity index (χ2v) is 9.07. The Kier molecular flexibility index (Phi) is 6.96. The molecule has 3 N–H and O–H groups in total. The second kappa shape index (κ2) is 9.45. The highest BCUT2D eigenvalue weighted by molar-refractivity contribution is 7.99. The summed E-state index contributed by atoms with van der Waals surface area (Å²) in [5, 5.41) is 18.0. The lowest BCUT2D eigenvalue weighted by molar-refractivity contribution is -0.122. The molecule has 0 aliphatic carbocycles. The Morgan fingerprint density at radius 1 is 1.31 bits per heavy atom. The minimum atomic E-state index is -0.728. The van der Waals surface area contributed by atoms with Gasteiger partial charge < -0.3 is 20.2 Å². The van der Waals surface area contributed by atoms with E-state index in [0.29, 0.717) is 23.7 Å². The highest BCUT2D eigenvalue weighted by Gasteiger charge is 2.41. The zero-order valence-electron chi connectivity index (χ0n) is 16.0. The van der Waals surface area contributed by atoms with Gasteiger partial charge in [-0.25, -0.2) is 4.98 Å². The summed E-state index contributed by atoms with van der Waals surface area (Å²) in [6.45, 7) is 1.83. The quantitative estimate of drug-likeness (QED) is 0.608. The molecular formula is C19H23N3O5S2. The zero-order chi connectivity index (χ0) is 20.9. The van der Waals surface area contributed by atoms with Gasteiger partial charge in [-0.2, -0.15) is 11.8 Å². The van der Waals surface area contributed by atoms with Crippen LogP contribution in [0.3, 0.4) is 0 Å². The molecular weight excluding hydrogens is 414 g/mol. The molecule has 0 saturated carbocycles. The normalized spacial score (nSPS) is 15.6. The number of amides is 2. The molecule has 1 aliphatic heterocycles. The maximum Gasteiger partial charge on any atom is 0.227 e. The van der Waals surface area contributed by atoms with Gasteiger partial charge in [-0.1, -0.05) is 0 Å². The van der Waals surface area contributed by atoms with Crippen molar-refractivity contribution in [3.8, 4) is 5.75 Å². The van der Waals surface area contributed by atoms with E-state index in [-0.39, 0.29) is 37.0 Å². The first kappa shape index (κ1) is 21.4. The lowest BCUT2D eigenvalue weighted by atomic mass is 9.75. The summed E-state index contributed by atoms with van der Waals surface area (Å²) in [5.41, 5.74) is -1.23. The lowest BCUT2D eigenvalue weighted by Crippen LogP contribution is -2.39. The van der Waals surface area contributed by atoms with E-state index < -0.39 is 16.6 Å².